The van der Waals surface area contributed by atoms with Crippen LogP contribution in [0.2, 0.25) is 0 Å². The van der Waals surface area contributed by atoms with Gasteiger partial charge >= 0.3 is 5.97 Å². The standard InChI is InChI=1S/C14H19NO4/c1-18-11-4-6-12(7-5-11)19-10-9-15-8-2-3-13(15)14(16)17/h4-7,13H,2-3,8-10H2,1H3,(H,16,17)/t13-/m0/s1. The Morgan fingerprint density at radius 1 is 1.37 bits per heavy atom. The van der Waals surface area contributed by atoms with Crippen molar-refractivity contribution in [1.82, 2.24) is 4.90 Å². The van der Waals surface area contributed by atoms with Crippen molar-refractivity contribution >= 4 is 5.97 Å². The second-order valence-corrected chi connectivity index (χ2v) is 4.56. The van der Waals surface area contributed by atoms with E-state index < -0.39 is 5.97 Å². The fourth-order valence-electron chi connectivity index (χ4n) is 2.33. The maximum absolute atomic E-state index is 11.0. The molecule has 0 bridgehead atoms. The number of benzene rings is 1. The van der Waals surface area contributed by atoms with Crippen molar-refractivity contribution in [2.24, 2.45) is 0 Å². The second kappa shape index (κ2) is 6.43. The number of nitrogens with zero attached hydrogens (tertiary/aromatic N) is 1. The van der Waals surface area contributed by atoms with E-state index in [1.807, 2.05) is 29.2 Å². The van der Waals surface area contributed by atoms with Crippen LogP contribution >= 0.6 is 0 Å². The maximum atomic E-state index is 11.0. The number of carboxylic acids is 1. The predicted octanol–water partition coefficient (Wildman–Crippen LogP) is 1.62. The summed E-state index contributed by atoms with van der Waals surface area (Å²) in [7, 11) is 1.62. The Morgan fingerprint density at radius 3 is 2.68 bits per heavy atom. The normalized spacial score (nSPS) is 19.3. The van der Waals surface area contributed by atoms with E-state index in [4.69, 9.17) is 14.6 Å². The first-order valence-corrected chi connectivity index (χ1v) is 6.44. The van der Waals surface area contributed by atoms with Gasteiger partial charge < -0.3 is 14.6 Å². The minimum atomic E-state index is -0.734. The van der Waals surface area contributed by atoms with E-state index >= 15 is 0 Å². The SMILES string of the molecule is COc1ccc(OCCN2CCC[C@H]2C(=O)O)cc1. The van der Waals surface area contributed by atoms with Gasteiger partial charge in [0.15, 0.2) is 0 Å². The molecule has 5 heteroatoms. The van der Waals surface area contributed by atoms with E-state index in [0.29, 0.717) is 13.2 Å². The van der Waals surface area contributed by atoms with Crippen LogP contribution < -0.4 is 9.47 Å². The molecule has 19 heavy (non-hydrogen) atoms. The first-order chi connectivity index (χ1) is 9.20. The van der Waals surface area contributed by atoms with Gasteiger partial charge in [-0.1, -0.05) is 0 Å². The average molecular weight is 265 g/mol. The highest BCUT2D eigenvalue weighted by Gasteiger charge is 2.29. The molecule has 1 atom stereocenters. The molecule has 1 aromatic rings. The first kappa shape index (κ1) is 13.7. The van der Waals surface area contributed by atoms with Crippen LogP contribution in [-0.2, 0) is 4.79 Å². The molecule has 0 aliphatic carbocycles. The molecule has 5 nitrogen and oxygen atoms in total. The summed E-state index contributed by atoms with van der Waals surface area (Å²) in [6, 6.07) is 7.02. The molecule has 0 radical (unpaired) electrons. The Kier molecular flexibility index (Phi) is 4.63. The molecule has 2 rings (SSSR count). The molecular weight excluding hydrogens is 246 g/mol. The lowest BCUT2D eigenvalue weighted by molar-refractivity contribution is -0.142. The van der Waals surface area contributed by atoms with Crippen LogP contribution in [0.5, 0.6) is 11.5 Å². The number of carbonyl (C=O) groups is 1. The fraction of sp³-hybridized carbons (Fsp3) is 0.500. The topological polar surface area (TPSA) is 59.0 Å². The molecule has 1 aliphatic rings. The van der Waals surface area contributed by atoms with Gasteiger partial charge in [0, 0.05) is 6.54 Å². The van der Waals surface area contributed by atoms with Crippen molar-refractivity contribution in [1.29, 1.82) is 0 Å². The predicted molar refractivity (Wildman–Crippen MR) is 70.7 cm³/mol. The Labute approximate surface area is 112 Å². The molecule has 0 spiro atoms. The molecule has 0 unspecified atom stereocenters. The fourth-order valence-corrected chi connectivity index (χ4v) is 2.33. The van der Waals surface area contributed by atoms with Crippen molar-refractivity contribution in [3.05, 3.63) is 24.3 Å². The Bertz CT molecular complexity index is 418. The highest BCUT2D eigenvalue weighted by Crippen LogP contribution is 2.19. The molecule has 0 amide bonds. The van der Waals surface area contributed by atoms with Gasteiger partial charge in [0.2, 0.25) is 0 Å². The third kappa shape index (κ3) is 3.61. The highest BCUT2D eigenvalue weighted by atomic mass is 16.5. The number of likely N-dealkylation sites (tertiary alicyclic amines) is 1. The number of hydrogen-bond donors (Lipinski definition) is 1. The van der Waals surface area contributed by atoms with E-state index in [1.165, 1.54) is 0 Å². The van der Waals surface area contributed by atoms with Crippen molar-refractivity contribution in [2.75, 3.05) is 26.8 Å². The lowest BCUT2D eigenvalue weighted by atomic mass is 10.2. The van der Waals surface area contributed by atoms with Gasteiger partial charge in [-0.15, -0.1) is 0 Å². The van der Waals surface area contributed by atoms with Crippen molar-refractivity contribution in [3.63, 3.8) is 0 Å². The molecule has 1 aliphatic heterocycles. The minimum Gasteiger partial charge on any atom is -0.497 e. The number of aliphatic carboxylic acids is 1. The summed E-state index contributed by atoms with van der Waals surface area (Å²) in [5.41, 5.74) is 0. The maximum Gasteiger partial charge on any atom is 0.320 e. The van der Waals surface area contributed by atoms with Gasteiger partial charge in [-0.2, -0.15) is 0 Å². The van der Waals surface area contributed by atoms with Gasteiger partial charge in [0.1, 0.15) is 24.1 Å². The van der Waals surface area contributed by atoms with Gasteiger partial charge in [-0.25, -0.2) is 0 Å². The summed E-state index contributed by atoms with van der Waals surface area (Å²) < 4.78 is 10.7. The largest absolute Gasteiger partial charge is 0.497 e. The van der Waals surface area contributed by atoms with Crippen LogP contribution in [-0.4, -0.2) is 48.8 Å². The van der Waals surface area contributed by atoms with Crippen LogP contribution in [0.15, 0.2) is 24.3 Å². The minimum absolute atomic E-state index is 0.348. The molecule has 1 N–H and O–H groups in total. The second-order valence-electron chi connectivity index (χ2n) is 4.56. The third-order valence-corrected chi connectivity index (χ3v) is 3.36. The van der Waals surface area contributed by atoms with Crippen LogP contribution in [0.3, 0.4) is 0 Å². The Morgan fingerprint density at radius 2 is 2.05 bits per heavy atom. The molecule has 1 heterocycles. The lowest BCUT2D eigenvalue weighted by Crippen LogP contribution is -2.38. The van der Waals surface area contributed by atoms with E-state index in [2.05, 4.69) is 0 Å². The van der Waals surface area contributed by atoms with Crippen LogP contribution in [0.25, 0.3) is 0 Å². The highest BCUT2D eigenvalue weighted by molar-refractivity contribution is 5.73. The quantitative estimate of drug-likeness (QED) is 0.847. The van der Waals surface area contributed by atoms with Crippen molar-refractivity contribution in [3.8, 4) is 11.5 Å². The molecule has 1 aromatic carbocycles. The van der Waals surface area contributed by atoms with E-state index in [9.17, 15) is 4.79 Å². The molecule has 104 valence electrons. The summed E-state index contributed by atoms with van der Waals surface area (Å²) in [5.74, 6) is 0.826. The molecule has 1 saturated heterocycles. The summed E-state index contributed by atoms with van der Waals surface area (Å²) in [6.07, 6.45) is 1.68. The monoisotopic (exact) mass is 265 g/mol. The number of rotatable bonds is 6. The van der Waals surface area contributed by atoms with Gasteiger partial charge in [-0.05, 0) is 43.7 Å². The van der Waals surface area contributed by atoms with Crippen molar-refractivity contribution in [2.45, 2.75) is 18.9 Å². The lowest BCUT2D eigenvalue weighted by Gasteiger charge is -2.20. The molecule has 1 fully saturated rings. The average Bonchev–Trinajstić information content (AvgIpc) is 2.88. The van der Waals surface area contributed by atoms with E-state index in [-0.39, 0.29) is 6.04 Å². The summed E-state index contributed by atoms with van der Waals surface area (Å²) >= 11 is 0. The van der Waals surface area contributed by atoms with Gasteiger partial charge in [0.05, 0.1) is 7.11 Å². The Balaban J connectivity index is 1.78. The van der Waals surface area contributed by atoms with Crippen LogP contribution in [0.1, 0.15) is 12.8 Å². The van der Waals surface area contributed by atoms with Gasteiger partial charge in [-0.3, -0.25) is 9.69 Å². The first-order valence-electron chi connectivity index (χ1n) is 6.44. The summed E-state index contributed by atoms with van der Waals surface area (Å²) in [6.45, 7) is 1.97. The van der Waals surface area contributed by atoms with Crippen LogP contribution in [0, 0.1) is 0 Å². The molecular formula is C14H19NO4. The third-order valence-electron chi connectivity index (χ3n) is 3.36. The number of methoxy groups -OCH3 is 1. The number of hydrogen-bond acceptors (Lipinski definition) is 4. The smallest absolute Gasteiger partial charge is 0.320 e. The number of ether oxygens (including phenoxy) is 2. The van der Waals surface area contributed by atoms with Crippen LogP contribution in [0.4, 0.5) is 0 Å². The summed E-state index contributed by atoms with van der Waals surface area (Å²) in [5, 5.41) is 9.06. The van der Waals surface area contributed by atoms with E-state index in [0.717, 1.165) is 30.9 Å². The summed E-state index contributed by atoms with van der Waals surface area (Å²) in [4.78, 5) is 13.0. The zero-order chi connectivity index (χ0) is 13.7. The molecule has 0 saturated carbocycles. The van der Waals surface area contributed by atoms with Crippen molar-refractivity contribution < 1.29 is 19.4 Å². The van der Waals surface area contributed by atoms with Gasteiger partial charge in [0.25, 0.3) is 0 Å². The zero-order valence-electron chi connectivity index (χ0n) is 11.0. The number of carboxylic acid groups (broad SMARTS) is 1. The Hall–Kier alpha value is -1.75. The van der Waals surface area contributed by atoms with E-state index in [1.54, 1.807) is 7.11 Å². The zero-order valence-corrected chi connectivity index (χ0v) is 11.0. The molecule has 0 aromatic heterocycles.